The Morgan fingerprint density at radius 3 is 1.70 bits per heavy atom. The summed E-state index contributed by atoms with van der Waals surface area (Å²) in [5.74, 6) is -1.09. The molecule has 0 radical (unpaired) electrons. The minimum atomic E-state index is -4.34. The summed E-state index contributed by atoms with van der Waals surface area (Å²) >= 11 is 0. The van der Waals surface area contributed by atoms with Crippen molar-refractivity contribution < 1.29 is 26.4 Å². The number of sulfonamides is 1. The summed E-state index contributed by atoms with van der Waals surface area (Å²) in [7, 11) is -8.38. The zero-order valence-electron chi connectivity index (χ0n) is 14.6. The molecule has 0 saturated heterocycles. The van der Waals surface area contributed by atoms with Gasteiger partial charge in [-0.15, -0.1) is 4.83 Å². The standard InChI is InChI=1S/C17H18N2O6S2/c1-12-3-7-14(8-4-12)26(22,23)17(21)11-16(20)18-19-27(24,25)15-9-5-13(2)6-10-15/h3-10,19H,11H2,1-2H3,(H,18,20). The van der Waals surface area contributed by atoms with E-state index < -0.39 is 37.3 Å². The average molecular weight is 410 g/mol. The molecule has 0 aromatic heterocycles. The minimum Gasteiger partial charge on any atom is -0.281 e. The van der Waals surface area contributed by atoms with Crippen molar-refractivity contribution in [1.82, 2.24) is 10.3 Å². The van der Waals surface area contributed by atoms with Crippen molar-refractivity contribution >= 4 is 30.9 Å². The Hall–Kier alpha value is -2.56. The van der Waals surface area contributed by atoms with E-state index in [2.05, 4.69) is 0 Å². The van der Waals surface area contributed by atoms with Crippen LogP contribution in [0, 0.1) is 13.8 Å². The molecular weight excluding hydrogens is 392 g/mol. The van der Waals surface area contributed by atoms with Gasteiger partial charge in [-0.2, -0.15) is 0 Å². The second-order valence-corrected chi connectivity index (χ2v) is 9.45. The number of amides is 1. The molecule has 144 valence electrons. The van der Waals surface area contributed by atoms with E-state index in [4.69, 9.17) is 0 Å². The highest BCUT2D eigenvalue weighted by Gasteiger charge is 2.27. The molecule has 0 fully saturated rings. The molecule has 1 amide bonds. The minimum absolute atomic E-state index is 0.0907. The Balaban J connectivity index is 2.01. The summed E-state index contributed by atoms with van der Waals surface area (Å²) in [6.07, 6.45) is -1.02. The maximum absolute atomic E-state index is 12.2. The Morgan fingerprint density at radius 1 is 0.778 bits per heavy atom. The normalized spacial score (nSPS) is 11.8. The van der Waals surface area contributed by atoms with Crippen LogP contribution in [0.3, 0.4) is 0 Å². The number of hydrogen-bond acceptors (Lipinski definition) is 6. The van der Waals surface area contributed by atoms with Crippen molar-refractivity contribution in [2.75, 3.05) is 0 Å². The number of hydrogen-bond donors (Lipinski definition) is 2. The van der Waals surface area contributed by atoms with Gasteiger partial charge in [-0.3, -0.25) is 15.0 Å². The number of aryl methyl sites for hydroxylation is 2. The molecular formula is C17H18N2O6S2. The third-order valence-electron chi connectivity index (χ3n) is 3.59. The highest BCUT2D eigenvalue weighted by atomic mass is 32.2. The largest absolute Gasteiger partial charge is 0.281 e. The third kappa shape index (κ3) is 5.22. The zero-order valence-corrected chi connectivity index (χ0v) is 16.2. The molecule has 2 aromatic carbocycles. The molecule has 27 heavy (non-hydrogen) atoms. The first-order chi connectivity index (χ1) is 12.5. The van der Waals surface area contributed by atoms with E-state index >= 15 is 0 Å². The summed E-state index contributed by atoms with van der Waals surface area (Å²) in [4.78, 5) is 25.3. The van der Waals surface area contributed by atoms with Gasteiger partial charge in [0.05, 0.1) is 9.79 Å². The predicted octanol–water partition coefficient (Wildman–Crippen LogP) is 1.00. The van der Waals surface area contributed by atoms with E-state index in [0.717, 1.165) is 11.1 Å². The maximum Gasteiger partial charge on any atom is 0.260 e. The van der Waals surface area contributed by atoms with Crippen LogP contribution < -0.4 is 10.3 Å². The molecule has 0 heterocycles. The van der Waals surface area contributed by atoms with Crippen LogP contribution in [0.5, 0.6) is 0 Å². The van der Waals surface area contributed by atoms with Gasteiger partial charge in [-0.25, -0.2) is 16.8 Å². The summed E-state index contributed by atoms with van der Waals surface area (Å²) < 4.78 is 48.4. The van der Waals surface area contributed by atoms with Gasteiger partial charge in [0.15, 0.2) is 0 Å². The number of benzene rings is 2. The molecule has 0 aliphatic heterocycles. The first kappa shape index (κ1) is 20.7. The monoisotopic (exact) mass is 410 g/mol. The Bertz CT molecular complexity index is 1060. The van der Waals surface area contributed by atoms with Crippen molar-refractivity contribution in [1.29, 1.82) is 0 Å². The lowest BCUT2D eigenvalue weighted by Gasteiger charge is -2.09. The van der Waals surface area contributed by atoms with Gasteiger partial charge in [0, 0.05) is 0 Å². The maximum atomic E-state index is 12.2. The van der Waals surface area contributed by atoms with Crippen LogP contribution in [0.15, 0.2) is 58.3 Å². The van der Waals surface area contributed by atoms with E-state index in [1.54, 1.807) is 26.0 Å². The molecule has 0 unspecified atom stereocenters. The number of sulfone groups is 1. The van der Waals surface area contributed by atoms with Gasteiger partial charge in [0.25, 0.3) is 15.1 Å². The second-order valence-electron chi connectivity index (χ2n) is 5.83. The molecule has 0 spiro atoms. The fourth-order valence-corrected chi connectivity index (χ4v) is 3.96. The van der Waals surface area contributed by atoms with Crippen LogP contribution in [-0.2, 0) is 29.4 Å². The highest BCUT2D eigenvalue weighted by molar-refractivity contribution is 8.06. The highest BCUT2D eigenvalue weighted by Crippen LogP contribution is 2.14. The van der Waals surface area contributed by atoms with Gasteiger partial charge >= 0.3 is 0 Å². The first-order valence-electron chi connectivity index (χ1n) is 7.74. The van der Waals surface area contributed by atoms with E-state index in [1.807, 2.05) is 10.3 Å². The van der Waals surface area contributed by atoms with Crippen molar-refractivity contribution in [3.63, 3.8) is 0 Å². The molecule has 0 aliphatic rings. The van der Waals surface area contributed by atoms with Gasteiger partial charge in [-0.1, -0.05) is 35.4 Å². The molecule has 2 rings (SSSR count). The van der Waals surface area contributed by atoms with Crippen molar-refractivity contribution in [2.45, 2.75) is 30.1 Å². The topological polar surface area (TPSA) is 126 Å². The van der Waals surface area contributed by atoms with E-state index in [1.165, 1.54) is 36.4 Å². The van der Waals surface area contributed by atoms with Gasteiger partial charge in [-0.05, 0) is 38.1 Å². The molecule has 0 saturated carbocycles. The predicted molar refractivity (Wildman–Crippen MR) is 97.6 cm³/mol. The molecule has 0 atom stereocenters. The molecule has 0 aliphatic carbocycles. The van der Waals surface area contributed by atoms with Gasteiger partial charge < -0.3 is 0 Å². The number of rotatable bonds is 6. The van der Waals surface area contributed by atoms with Crippen molar-refractivity contribution in [3.8, 4) is 0 Å². The first-order valence-corrected chi connectivity index (χ1v) is 10.7. The third-order valence-corrected chi connectivity index (χ3v) is 6.49. The van der Waals surface area contributed by atoms with E-state index in [9.17, 15) is 26.4 Å². The zero-order chi connectivity index (χ0) is 20.2. The summed E-state index contributed by atoms with van der Waals surface area (Å²) in [5, 5.41) is -1.33. The SMILES string of the molecule is Cc1ccc(S(=O)(=O)NNC(=O)CC(=O)S(=O)(=O)c2ccc(C)cc2)cc1. The van der Waals surface area contributed by atoms with Crippen LogP contribution >= 0.6 is 0 Å². The summed E-state index contributed by atoms with van der Waals surface area (Å²) in [6, 6.07) is 11.4. The number of nitrogens with one attached hydrogen (secondary N) is 2. The smallest absolute Gasteiger partial charge is 0.260 e. The second kappa shape index (κ2) is 7.99. The molecule has 10 heteroatoms. The lowest BCUT2D eigenvalue weighted by molar-refractivity contribution is -0.125. The Kier molecular flexibility index (Phi) is 6.14. The average Bonchev–Trinajstić information content (AvgIpc) is 2.61. The lowest BCUT2D eigenvalue weighted by Crippen LogP contribution is -2.42. The van der Waals surface area contributed by atoms with Crippen LogP contribution in [-0.4, -0.2) is 27.9 Å². The molecule has 2 aromatic rings. The van der Waals surface area contributed by atoms with E-state index in [-0.39, 0.29) is 9.79 Å². The fraction of sp³-hybridized carbons (Fsp3) is 0.176. The Morgan fingerprint density at radius 2 is 1.22 bits per heavy atom. The van der Waals surface area contributed by atoms with Crippen molar-refractivity contribution in [2.24, 2.45) is 0 Å². The molecule has 0 bridgehead atoms. The van der Waals surface area contributed by atoms with Crippen LogP contribution in [0.2, 0.25) is 0 Å². The Labute approximate surface area is 157 Å². The summed E-state index contributed by atoms with van der Waals surface area (Å²) in [5.41, 5.74) is 3.50. The molecule has 2 N–H and O–H groups in total. The van der Waals surface area contributed by atoms with E-state index in [0.29, 0.717) is 0 Å². The van der Waals surface area contributed by atoms with Crippen LogP contribution in [0.4, 0.5) is 0 Å². The summed E-state index contributed by atoms with van der Waals surface area (Å²) in [6.45, 7) is 3.54. The van der Waals surface area contributed by atoms with Crippen molar-refractivity contribution in [3.05, 3.63) is 59.7 Å². The number of carbonyl (C=O) groups is 2. The van der Waals surface area contributed by atoms with Crippen LogP contribution in [0.25, 0.3) is 0 Å². The number of carbonyl (C=O) groups excluding carboxylic acids is 2. The number of hydrazine groups is 1. The molecule has 8 nitrogen and oxygen atoms in total. The van der Waals surface area contributed by atoms with Gasteiger partial charge in [0.2, 0.25) is 15.7 Å². The fourth-order valence-electron chi connectivity index (χ4n) is 2.02. The quantitative estimate of drug-likeness (QED) is 0.540. The van der Waals surface area contributed by atoms with Crippen LogP contribution in [0.1, 0.15) is 17.5 Å². The lowest BCUT2D eigenvalue weighted by atomic mass is 10.2. The van der Waals surface area contributed by atoms with Gasteiger partial charge in [0.1, 0.15) is 6.42 Å².